The molecular formula is C33H47N3O10. The number of ether oxygens (including phenoxy) is 3. The summed E-state index contributed by atoms with van der Waals surface area (Å²) in [7, 11) is 2.93. The van der Waals surface area contributed by atoms with Gasteiger partial charge in [-0.3, -0.25) is 24.5 Å². The first-order valence-corrected chi connectivity index (χ1v) is 15.1. The zero-order valence-corrected chi connectivity index (χ0v) is 27.7. The third-order valence-electron chi connectivity index (χ3n) is 7.64. The fourth-order valence-electron chi connectivity index (χ4n) is 5.11. The number of carbonyl (C=O) groups excluding carboxylic acids is 5. The highest BCUT2D eigenvalue weighted by Crippen LogP contribution is 2.28. The minimum absolute atomic E-state index is 0.00333. The van der Waals surface area contributed by atoms with E-state index in [4.69, 9.17) is 19.0 Å². The Morgan fingerprint density at radius 1 is 1.15 bits per heavy atom. The van der Waals surface area contributed by atoms with Gasteiger partial charge in [0, 0.05) is 37.4 Å². The van der Waals surface area contributed by atoms with Gasteiger partial charge in [0.05, 0.1) is 42.4 Å². The van der Waals surface area contributed by atoms with Gasteiger partial charge in [-0.1, -0.05) is 57.6 Å². The van der Waals surface area contributed by atoms with E-state index in [1.807, 2.05) is 26.8 Å². The molecule has 1 heterocycles. The number of aliphatic hydroxyl groups is 1. The summed E-state index contributed by atoms with van der Waals surface area (Å²) >= 11 is 0. The molecule has 6 atom stereocenters. The highest BCUT2D eigenvalue weighted by Gasteiger charge is 2.34. The van der Waals surface area contributed by atoms with E-state index in [1.165, 1.54) is 27.2 Å². The van der Waals surface area contributed by atoms with Crippen LogP contribution in [0, 0.1) is 17.8 Å². The molecule has 1 aliphatic carbocycles. The number of alkyl carbamates (subject to hydrolysis) is 1. The van der Waals surface area contributed by atoms with E-state index >= 15 is 0 Å². The van der Waals surface area contributed by atoms with Crippen molar-refractivity contribution in [3.63, 3.8) is 0 Å². The molecule has 0 aromatic carbocycles. The van der Waals surface area contributed by atoms with E-state index in [-0.39, 0.29) is 60.3 Å². The van der Waals surface area contributed by atoms with Crippen molar-refractivity contribution in [2.75, 3.05) is 20.8 Å². The van der Waals surface area contributed by atoms with E-state index in [0.29, 0.717) is 5.57 Å². The highest BCUT2D eigenvalue weighted by atomic mass is 16.7. The zero-order chi connectivity index (χ0) is 34.6. The molecule has 4 N–H and O–H groups in total. The number of ketones is 2. The molecule has 2 aliphatic rings. The Bertz CT molecular complexity index is 1300. The van der Waals surface area contributed by atoms with Gasteiger partial charge in [-0.2, -0.15) is 0 Å². The van der Waals surface area contributed by atoms with Crippen LogP contribution in [0.5, 0.6) is 0 Å². The number of methoxy groups -OCH3 is 2. The Morgan fingerprint density at radius 2 is 1.85 bits per heavy atom. The van der Waals surface area contributed by atoms with Crippen LogP contribution in [0.25, 0.3) is 0 Å². The van der Waals surface area contributed by atoms with Crippen LogP contribution in [-0.4, -0.2) is 80.3 Å². The smallest absolute Gasteiger partial charge is 0.411 e. The van der Waals surface area contributed by atoms with E-state index in [9.17, 15) is 29.1 Å². The second kappa shape index (κ2) is 18.3. The van der Waals surface area contributed by atoms with Crippen LogP contribution >= 0.6 is 0 Å². The molecule has 0 spiro atoms. The Balaban J connectivity index is 2.60. The summed E-state index contributed by atoms with van der Waals surface area (Å²) in [6, 6.07) is -0.649. The van der Waals surface area contributed by atoms with Crippen molar-refractivity contribution in [1.29, 1.82) is 0 Å². The largest absolute Gasteiger partial charge is 0.449 e. The molecule has 2 amide bonds. The summed E-state index contributed by atoms with van der Waals surface area (Å²) in [6.07, 6.45) is 4.56. The van der Waals surface area contributed by atoms with Crippen LogP contribution in [-0.2, 0) is 38.2 Å². The third kappa shape index (κ3) is 10.9. The van der Waals surface area contributed by atoms with Crippen LogP contribution in [0.2, 0.25) is 0 Å². The SMILES string of the molecule is CO[C@H]1/C=C\C=C(/C)C(=O)NC2=CC(=O)C(NC(=O)OCC(C)C)=C(C[C@@H](C)C[C@H](OC)[C@H](O)[C@@H](C)/C=C(\C)[C@@H]1NOC=O)C2=O. The molecule has 0 aromatic heterocycles. The van der Waals surface area contributed by atoms with Crippen molar-refractivity contribution in [3.8, 4) is 0 Å². The Hall–Kier alpha value is -3.91. The van der Waals surface area contributed by atoms with E-state index in [1.54, 1.807) is 26.0 Å². The number of amides is 2. The third-order valence-corrected chi connectivity index (χ3v) is 7.64. The Kier molecular flexibility index (Phi) is 15.2. The summed E-state index contributed by atoms with van der Waals surface area (Å²) in [6.45, 7) is 11.0. The summed E-state index contributed by atoms with van der Waals surface area (Å²) in [5, 5.41) is 16.2. The molecule has 0 radical (unpaired) electrons. The van der Waals surface area contributed by atoms with Gasteiger partial charge in [-0.15, -0.1) is 5.48 Å². The number of hydrogen-bond donors (Lipinski definition) is 4. The molecule has 46 heavy (non-hydrogen) atoms. The van der Waals surface area contributed by atoms with Gasteiger partial charge in [0.25, 0.3) is 5.91 Å². The first kappa shape index (κ1) is 38.3. The van der Waals surface area contributed by atoms with Crippen molar-refractivity contribution in [2.24, 2.45) is 17.8 Å². The maximum atomic E-state index is 13.7. The molecule has 2 bridgehead atoms. The lowest BCUT2D eigenvalue weighted by molar-refractivity contribution is -0.138. The van der Waals surface area contributed by atoms with Gasteiger partial charge in [0.2, 0.25) is 11.6 Å². The lowest BCUT2D eigenvalue weighted by Crippen LogP contribution is -2.41. The van der Waals surface area contributed by atoms with Gasteiger partial charge < -0.3 is 29.5 Å². The molecule has 1 aliphatic heterocycles. The number of nitrogens with one attached hydrogen (secondary N) is 3. The monoisotopic (exact) mass is 645 g/mol. The Morgan fingerprint density at radius 3 is 2.46 bits per heavy atom. The molecule has 0 fully saturated rings. The molecule has 13 heteroatoms. The molecule has 0 saturated heterocycles. The lowest BCUT2D eigenvalue weighted by atomic mass is 9.85. The lowest BCUT2D eigenvalue weighted by Gasteiger charge is -2.30. The van der Waals surface area contributed by atoms with Crippen molar-refractivity contribution in [1.82, 2.24) is 16.1 Å². The molecule has 13 nitrogen and oxygen atoms in total. The van der Waals surface area contributed by atoms with Gasteiger partial charge >= 0.3 is 12.6 Å². The Labute approximate surface area is 270 Å². The summed E-state index contributed by atoms with van der Waals surface area (Å²) < 4.78 is 16.5. The number of fused-ring (bicyclic) bond motifs is 2. The number of hydrogen-bond acceptors (Lipinski definition) is 11. The van der Waals surface area contributed by atoms with E-state index in [2.05, 4.69) is 16.1 Å². The van der Waals surface area contributed by atoms with Gasteiger partial charge in [-0.05, 0) is 38.5 Å². The average molecular weight is 646 g/mol. The molecule has 0 saturated carbocycles. The molecule has 254 valence electrons. The van der Waals surface area contributed by atoms with Crippen LogP contribution in [0.3, 0.4) is 0 Å². The topological polar surface area (TPSA) is 179 Å². The minimum atomic E-state index is -0.990. The number of Topliss-reactive ketones (excluding diaryl/α,β-unsaturated/α-hetero) is 1. The number of rotatable bonds is 8. The van der Waals surface area contributed by atoms with Crippen LogP contribution in [0.1, 0.15) is 54.4 Å². The quantitative estimate of drug-likeness (QED) is 0.132. The standard InChI is InChI=1S/C33H47N3O10/c1-18(2)16-45-33(42)35-29-23-12-19(3)13-27(44-8)30(39)22(6)14-21(5)28(36-46-17-37)26(43-7)11-9-10-20(4)32(41)34-24(31(23)40)15-25(29)38/h9-11,14-15,17-19,22,26-28,30,36,39H,12-13,16H2,1-8H3,(H,34,41)(H,35,42)/b11-9-,20-10+,21-14+/t19-,22+,26+,27+,28+,30-/m1/s1. The molecule has 0 unspecified atom stereocenters. The molecule has 0 aromatic rings. The van der Waals surface area contributed by atoms with Crippen molar-refractivity contribution >= 4 is 30.0 Å². The van der Waals surface area contributed by atoms with Gasteiger partial charge in [0.15, 0.2) is 0 Å². The van der Waals surface area contributed by atoms with Crippen molar-refractivity contribution in [2.45, 2.75) is 78.7 Å². The maximum Gasteiger partial charge on any atom is 0.411 e. The number of hydroxylamine groups is 1. The molecule has 2 rings (SSSR count). The zero-order valence-electron chi connectivity index (χ0n) is 27.7. The van der Waals surface area contributed by atoms with Gasteiger partial charge in [-0.25, -0.2) is 4.79 Å². The number of carbonyl (C=O) groups is 5. The highest BCUT2D eigenvalue weighted by molar-refractivity contribution is 6.24. The van der Waals surface area contributed by atoms with Gasteiger partial charge in [0.1, 0.15) is 0 Å². The first-order chi connectivity index (χ1) is 21.7. The summed E-state index contributed by atoms with van der Waals surface area (Å²) in [4.78, 5) is 68.4. The average Bonchev–Trinajstić information content (AvgIpc) is 3.00. The van der Waals surface area contributed by atoms with Crippen LogP contribution in [0.15, 0.2) is 58.5 Å². The second-order valence-electron chi connectivity index (χ2n) is 12.0. The van der Waals surface area contributed by atoms with Crippen LogP contribution < -0.4 is 16.1 Å². The van der Waals surface area contributed by atoms with Crippen molar-refractivity contribution < 1.29 is 48.1 Å². The maximum absolute atomic E-state index is 13.7. The second-order valence-corrected chi connectivity index (χ2v) is 12.0. The fourth-order valence-corrected chi connectivity index (χ4v) is 5.11. The minimum Gasteiger partial charge on any atom is -0.449 e. The summed E-state index contributed by atoms with van der Waals surface area (Å²) in [5.41, 5.74) is 3.09. The normalized spacial score (nSPS) is 30.0. The first-order valence-electron chi connectivity index (χ1n) is 15.1. The molecular weight excluding hydrogens is 598 g/mol. The summed E-state index contributed by atoms with van der Waals surface area (Å²) in [5.74, 6) is -2.66. The fraction of sp³-hybridized carbons (Fsp3) is 0.545. The van der Waals surface area contributed by atoms with Crippen LogP contribution in [0.4, 0.5) is 4.79 Å². The number of aliphatic hydroxyl groups excluding tert-OH is 1. The van der Waals surface area contributed by atoms with E-state index < -0.39 is 53.8 Å². The van der Waals surface area contributed by atoms with E-state index in [0.717, 1.165) is 6.08 Å². The predicted molar refractivity (Wildman–Crippen MR) is 168 cm³/mol. The van der Waals surface area contributed by atoms with Crippen molar-refractivity contribution in [3.05, 3.63) is 58.5 Å². The number of allylic oxidation sites excluding steroid dienone is 4. The predicted octanol–water partition coefficient (Wildman–Crippen LogP) is 2.73.